The molecule has 6 rings (SSSR count). The smallest absolute Gasteiger partial charge is 0.332 e. The first-order valence-corrected chi connectivity index (χ1v) is 14.6. The van der Waals surface area contributed by atoms with Crippen molar-refractivity contribution in [2.24, 2.45) is 14.1 Å². The van der Waals surface area contributed by atoms with Crippen LogP contribution in [0.1, 0.15) is 5.56 Å². The average Bonchev–Trinajstić information content (AvgIpc) is 3.40. The van der Waals surface area contributed by atoms with E-state index < -0.39 is 5.69 Å². The second kappa shape index (κ2) is 11.9. The third kappa shape index (κ3) is 5.86. The highest BCUT2D eigenvalue weighted by Gasteiger charge is 2.26. The third-order valence-electron chi connectivity index (χ3n) is 7.52. The van der Waals surface area contributed by atoms with Gasteiger partial charge in [-0.3, -0.25) is 18.5 Å². The first-order chi connectivity index (χ1) is 20.8. The topological polar surface area (TPSA) is 89.6 Å². The Kier molecular flexibility index (Phi) is 7.92. The van der Waals surface area contributed by atoms with Crippen LogP contribution in [0.4, 0.5) is 11.6 Å². The quantitative estimate of drug-likeness (QED) is 0.281. The summed E-state index contributed by atoms with van der Waals surface area (Å²) in [4.78, 5) is 35.0. The lowest BCUT2D eigenvalue weighted by Gasteiger charge is -2.36. The number of imidazole rings is 1. The Bertz CT molecular complexity index is 1890. The largest absolute Gasteiger partial charge is 0.457 e. The van der Waals surface area contributed by atoms with Crippen molar-refractivity contribution in [3.05, 3.63) is 110 Å². The normalized spacial score (nSPS) is 13.4. The molecule has 1 fully saturated rings. The molecule has 0 bridgehead atoms. The molecule has 1 N–H and O–H groups in total. The predicted molar refractivity (Wildman–Crippen MR) is 174 cm³/mol. The minimum Gasteiger partial charge on any atom is -0.457 e. The van der Waals surface area contributed by atoms with Crippen LogP contribution in [0.3, 0.4) is 0 Å². The highest BCUT2D eigenvalue weighted by molar-refractivity contribution is 7.80. The summed E-state index contributed by atoms with van der Waals surface area (Å²) in [5, 5.41) is 4.59. The van der Waals surface area contributed by atoms with Crippen molar-refractivity contribution in [1.82, 2.24) is 23.6 Å². The van der Waals surface area contributed by atoms with E-state index in [9.17, 15) is 9.59 Å². The molecule has 220 valence electrons. The van der Waals surface area contributed by atoms with E-state index in [0.29, 0.717) is 60.0 Å². The molecule has 0 aliphatic carbocycles. The number of para-hydroxylation sites is 1. The van der Waals surface area contributed by atoms with Gasteiger partial charge in [-0.15, -0.1) is 0 Å². The zero-order valence-electron chi connectivity index (χ0n) is 23.7. The van der Waals surface area contributed by atoms with Crippen molar-refractivity contribution in [2.45, 2.75) is 6.54 Å². The van der Waals surface area contributed by atoms with E-state index in [1.54, 1.807) is 7.05 Å². The number of nitrogens with one attached hydrogen (secondary N) is 1. The molecule has 3 heterocycles. The van der Waals surface area contributed by atoms with Gasteiger partial charge in [0.25, 0.3) is 5.56 Å². The van der Waals surface area contributed by atoms with Crippen molar-refractivity contribution in [3.8, 4) is 11.5 Å². The number of nitrogens with zero attached hydrogens (tertiary/aromatic N) is 6. The number of hydrogen-bond donors (Lipinski definition) is 1. The molecule has 5 aromatic rings. The first-order valence-electron chi connectivity index (χ1n) is 13.8. The number of benzene rings is 3. The summed E-state index contributed by atoms with van der Waals surface area (Å²) in [6.07, 6.45) is 0. The molecule has 1 aliphatic rings. The molecule has 0 radical (unpaired) electrons. The number of halogens is 1. The van der Waals surface area contributed by atoms with Crippen molar-refractivity contribution in [3.63, 3.8) is 0 Å². The van der Waals surface area contributed by atoms with Crippen LogP contribution in [0, 0.1) is 0 Å². The summed E-state index contributed by atoms with van der Waals surface area (Å²) >= 11 is 11.8. The van der Waals surface area contributed by atoms with E-state index in [4.69, 9.17) is 33.5 Å². The lowest BCUT2D eigenvalue weighted by molar-refractivity contribution is 0.386. The molecule has 0 amide bonds. The zero-order chi connectivity index (χ0) is 30.1. The molecule has 0 atom stereocenters. The lowest BCUT2D eigenvalue weighted by atomic mass is 10.2. The SMILES string of the molecule is Cn1c(=O)c2c(nc(N3CCN(C(=S)Nc4ccc(Oc5ccccc5)cc4)CC3)n2Cc2ccc(Cl)cc2)n(C)c1=O. The van der Waals surface area contributed by atoms with Gasteiger partial charge in [0.2, 0.25) is 5.95 Å². The Labute approximate surface area is 258 Å². The van der Waals surface area contributed by atoms with Gasteiger partial charge in [0.05, 0.1) is 6.54 Å². The Hall–Kier alpha value is -4.61. The van der Waals surface area contributed by atoms with Crippen molar-refractivity contribution < 1.29 is 4.74 Å². The van der Waals surface area contributed by atoms with Crippen LogP contribution in [0.5, 0.6) is 11.5 Å². The minimum absolute atomic E-state index is 0.358. The molecule has 1 aliphatic heterocycles. The number of aromatic nitrogens is 4. The van der Waals surface area contributed by atoms with Crippen molar-refractivity contribution in [2.75, 3.05) is 36.4 Å². The van der Waals surface area contributed by atoms with Gasteiger partial charge >= 0.3 is 5.69 Å². The number of hydrogen-bond acceptors (Lipinski definition) is 6. The Morgan fingerprint density at radius 2 is 1.53 bits per heavy atom. The van der Waals surface area contributed by atoms with E-state index in [1.807, 2.05) is 83.4 Å². The van der Waals surface area contributed by atoms with E-state index in [2.05, 4.69) is 15.1 Å². The van der Waals surface area contributed by atoms with E-state index >= 15 is 0 Å². The van der Waals surface area contributed by atoms with Crippen molar-refractivity contribution in [1.29, 1.82) is 0 Å². The maximum atomic E-state index is 13.3. The fourth-order valence-electron chi connectivity index (χ4n) is 5.14. The number of fused-ring (bicyclic) bond motifs is 1. The maximum absolute atomic E-state index is 13.3. The molecule has 0 unspecified atom stereocenters. The summed E-state index contributed by atoms with van der Waals surface area (Å²) < 4.78 is 10.3. The van der Waals surface area contributed by atoms with E-state index in [0.717, 1.165) is 27.3 Å². The number of piperazine rings is 1. The van der Waals surface area contributed by atoms with E-state index in [-0.39, 0.29) is 5.56 Å². The van der Waals surface area contributed by atoms with Gasteiger partial charge in [-0.1, -0.05) is 41.9 Å². The van der Waals surface area contributed by atoms with Crippen LogP contribution in [-0.2, 0) is 20.6 Å². The van der Waals surface area contributed by atoms with Crippen molar-refractivity contribution >= 4 is 51.7 Å². The second-order valence-corrected chi connectivity index (χ2v) is 11.2. The van der Waals surface area contributed by atoms with Crippen LogP contribution < -0.4 is 26.2 Å². The summed E-state index contributed by atoms with van der Waals surface area (Å²) in [6.45, 7) is 2.97. The molecule has 12 heteroatoms. The molecule has 3 aromatic carbocycles. The summed E-state index contributed by atoms with van der Waals surface area (Å²) in [7, 11) is 3.12. The van der Waals surface area contributed by atoms with Crippen LogP contribution in [0.2, 0.25) is 5.02 Å². The summed E-state index contributed by atoms with van der Waals surface area (Å²) in [5.74, 6) is 2.15. The molecule has 1 saturated heterocycles. The zero-order valence-corrected chi connectivity index (χ0v) is 25.3. The molecule has 10 nitrogen and oxygen atoms in total. The third-order valence-corrected chi connectivity index (χ3v) is 8.13. The fraction of sp³-hybridized carbons (Fsp3) is 0.226. The molecule has 43 heavy (non-hydrogen) atoms. The Balaban J connectivity index is 1.18. The molecule has 0 spiro atoms. The highest BCUT2D eigenvalue weighted by atomic mass is 35.5. The van der Waals surface area contributed by atoms with E-state index in [1.165, 1.54) is 11.6 Å². The molecule has 0 saturated carbocycles. The van der Waals surface area contributed by atoms with Crippen LogP contribution in [-0.4, -0.2) is 54.9 Å². The van der Waals surface area contributed by atoms with Crippen LogP contribution in [0.15, 0.2) is 88.5 Å². The highest BCUT2D eigenvalue weighted by Crippen LogP contribution is 2.25. The lowest BCUT2D eigenvalue weighted by Crippen LogP contribution is -2.50. The molecular weight excluding hydrogens is 586 g/mol. The monoisotopic (exact) mass is 615 g/mol. The maximum Gasteiger partial charge on any atom is 0.332 e. The van der Waals surface area contributed by atoms with Gasteiger partial charge in [-0.2, -0.15) is 4.98 Å². The number of thiocarbonyl (C=S) groups is 1. The second-order valence-electron chi connectivity index (χ2n) is 10.3. The molecular formula is C31H30ClN7O3S. The van der Waals surface area contributed by atoms with Gasteiger partial charge < -0.3 is 19.9 Å². The minimum atomic E-state index is -0.416. The van der Waals surface area contributed by atoms with Crippen LogP contribution in [0.25, 0.3) is 11.2 Å². The van der Waals surface area contributed by atoms with Crippen LogP contribution >= 0.6 is 23.8 Å². The predicted octanol–water partition coefficient (Wildman–Crippen LogP) is 4.45. The van der Waals surface area contributed by atoms with Gasteiger partial charge in [0.1, 0.15) is 11.5 Å². The summed E-state index contributed by atoms with van der Waals surface area (Å²) in [5.41, 5.74) is 1.78. The Morgan fingerprint density at radius 1 is 0.884 bits per heavy atom. The first kappa shape index (κ1) is 28.5. The van der Waals surface area contributed by atoms with Gasteiger partial charge in [0, 0.05) is 51.0 Å². The standard InChI is InChI=1S/C31H30ClN7O3S/c1-35-27-26(28(40)36(2)31(35)41)39(20-21-8-10-22(32)11-9-21)29(34-27)37-16-18-38(19-17-37)30(43)33-23-12-14-25(15-13-23)42-24-6-4-3-5-7-24/h3-15H,16-20H2,1-2H3,(H,33,43). The van der Waals surface area contributed by atoms with Gasteiger partial charge in [-0.05, 0) is 66.3 Å². The molecule has 2 aromatic heterocycles. The number of rotatable bonds is 6. The number of ether oxygens (including phenoxy) is 1. The Morgan fingerprint density at radius 3 is 2.21 bits per heavy atom. The van der Waals surface area contributed by atoms with Gasteiger partial charge in [-0.25, -0.2) is 4.79 Å². The summed E-state index contributed by atoms with van der Waals surface area (Å²) in [6, 6.07) is 24.8. The number of anilines is 2. The fourth-order valence-corrected chi connectivity index (χ4v) is 5.57. The van der Waals surface area contributed by atoms with Gasteiger partial charge in [0.15, 0.2) is 16.3 Å². The average molecular weight is 616 g/mol. The number of aryl methyl sites for hydroxylation is 1.